The summed E-state index contributed by atoms with van der Waals surface area (Å²) in [6.45, 7) is 1.87. The molecule has 4 rings (SSSR count). The average Bonchev–Trinajstić information content (AvgIpc) is 2.69. The summed E-state index contributed by atoms with van der Waals surface area (Å²) in [4.78, 5) is 16.2. The topological polar surface area (TPSA) is 67.0 Å². The van der Waals surface area contributed by atoms with Gasteiger partial charge in [-0.3, -0.25) is 4.79 Å². The van der Waals surface area contributed by atoms with E-state index >= 15 is 0 Å². The van der Waals surface area contributed by atoms with Crippen molar-refractivity contribution in [2.75, 3.05) is 0 Å². The van der Waals surface area contributed by atoms with Gasteiger partial charge in [0.05, 0.1) is 10.6 Å². The number of hydrogen-bond acceptors (Lipinski definition) is 3. The lowest BCUT2D eigenvalue weighted by molar-refractivity contribution is 0.595. The zero-order valence-electron chi connectivity index (χ0n) is 14.9. The smallest absolute Gasteiger partial charge is 0.212 e. The van der Waals surface area contributed by atoms with E-state index in [0.717, 1.165) is 5.56 Å². The van der Waals surface area contributed by atoms with Crippen LogP contribution in [-0.2, 0) is 9.84 Å². The molecular weight excluding hydrogens is 394 g/mol. The number of aryl methyl sites for hydroxylation is 1. The molecule has 0 fully saturated rings. The Morgan fingerprint density at radius 3 is 2.25 bits per heavy atom. The Bertz CT molecular complexity index is 1340. The van der Waals surface area contributed by atoms with Gasteiger partial charge in [0.2, 0.25) is 15.3 Å². The number of aromatic nitrogens is 1. The molecule has 0 aliphatic rings. The normalized spacial score (nSPS) is 11.6. The Hall–Kier alpha value is -2.89. The number of rotatable bonds is 3. The number of pyridine rings is 1. The minimum Gasteiger partial charge on any atom is -0.353 e. The average molecular weight is 410 g/mol. The molecule has 1 aromatic heterocycles. The number of hydrogen-bond donors (Lipinski definition) is 1. The van der Waals surface area contributed by atoms with Crippen molar-refractivity contribution in [1.29, 1.82) is 0 Å². The molecule has 3 aromatic carbocycles. The summed E-state index contributed by atoms with van der Waals surface area (Å²) < 4.78 is 26.9. The maximum absolute atomic E-state index is 13.4. The molecule has 1 N–H and O–H groups in total. The minimum atomic E-state index is -4.06. The van der Waals surface area contributed by atoms with Crippen LogP contribution in [0.2, 0.25) is 5.02 Å². The third-order valence-electron chi connectivity index (χ3n) is 4.58. The van der Waals surface area contributed by atoms with Crippen LogP contribution in [0.1, 0.15) is 5.56 Å². The molecule has 0 unspecified atom stereocenters. The van der Waals surface area contributed by atoms with E-state index in [4.69, 9.17) is 11.6 Å². The number of fused-ring (bicyclic) bond motifs is 1. The minimum absolute atomic E-state index is 0.0714. The van der Waals surface area contributed by atoms with Crippen molar-refractivity contribution in [2.24, 2.45) is 0 Å². The summed E-state index contributed by atoms with van der Waals surface area (Å²) in [7, 11) is -4.06. The Balaban J connectivity index is 2.12. The van der Waals surface area contributed by atoms with Gasteiger partial charge in [0.15, 0.2) is 0 Å². The van der Waals surface area contributed by atoms with Crippen LogP contribution in [0.4, 0.5) is 0 Å². The first-order chi connectivity index (χ1) is 13.4. The molecule has 1 heterocycles. The first kappa shape index (κ1) is 18.5. The molecule has 6 heteroatoms. The number of H-pyrrole nitrogens is 1. The van der Waals surface area contributed by atoms with Gasteiger partial charge in [0.25, 0.3) is 0 Å². The van der Waals surface area contributed by atoms with Crippen LogP contribution in [0.5, 0.6) is 0 Å². The van der Waals surface area contributed by atoms with E-state index in [-0.39, 0.29) is 20.9 Å². The van der Waals surface area contributed by atoms with Crippen LogP contribution in [0.25, 0.3) is 22.2 Å². The van der Waals surface area contributed by atoms with Crippen LogP contribution in [0.3, 0.4) is 0 Å². The van der Waals surface area contributed by atoms with Gasteiger partial charge in [-0.2, -0.15) is 0 Å². The quantitative estimate of drug-likeness (QED) is 0.518. The fourth-order valence-electron chi connectivity index (χ4n) is 3.14. The number of sulfone groups is 1. The summed E-state index contributed by atoms with van der Waals surface area (Å²) in [5, 5.41) is 0.599. The Morgan fingerprint density at radius 2 is 1.57 bits per heavy atom. The van der Waals surface area contributed by atoms with Crippen molar-refractivity contribution in [3.63, 3.8) is 0 Å². The fraction of sp³-hybridized carbons (Fsp3) is 0.0455. The van der Waals surface area contributed by atoms with Crippen LogP contribution in [0.15, 0.2) is 87.4 Å². The second kappa shape index (κ2) is 6.93. The Labute approximate surface area is 167 Å². The Kier molecular flexibility index (Phi) is 4.57. The maximum Gasteiger partial charge on any atom is 0.212 e. The monoisotopic (exact) mass is 409 g/mol. The highest BCUT2D eigenvalue weighted by molar-refractivity contribution is 7.91. The molecule has 0 aliphatic carbocycles. The van der Waals surface area contributed by atoms with Crippen LogP contribution in [-0.4, -0.2) is 13.4 Å². The predicted molar refractivity (Wildman–Crippen MR) is 112 cm³/mol. The van der Waals surface area contributed by atoms with Crippen molar-refractivity contribution < 1.29 is 8.42 Å². The molecule has 0 bridgehead atoms. The molecule has 0 atom stereocenters. The fourth-order valence-corrected chi connectivity index (χ4v) is 4.83. The molecule has 0 saturated carbocycles. The van der Waals surface area contributed by atoms with E-state index in [1.807, 2.05) is 13.0 Å². The second-order valence-corrected chi connectivity index (χ2v) is 8.85. The predicted octanol–water partition coefficient (Wildman–Crippen LogP) is 4.99. The summed E-state index contributed by atoms with van der Waals surface area (Å²) in [5.74, 6) is 0. The van der Waals surface area contributed by atoms with E-state index in [9.17, 15) is 13.2 Å². The lowest BCUT2D eigenvalue weighted by Gasteiger charge is -2.13. The highest BCUT2D eigenvalue weighted by Gasteiger charge is 2.27. The molecule has 4 aromatic rings. The second-order valence-electron chi connectivity index (χ2n) is 6.53. The van der Waals surface area contributed by atoms with Crippen LogP contribution >= 0.6 is 11.6 Å². The number of halogens is 1. The maximum atomic E-state index is 13.4. The van der Waals surface area contributed by atoms with Gasteiger partial charge in [-0.1, -0.05) is 59.6 Å². The van der Waals surface area contributed by atoms with Gasteiger partial charge in [-0.05, 0) is 42.8 Å². The molecule has 0 radical (unpaired) electrons. The summed E-state index contributed by atoms with van der Waals surface area (Å²) in [6, 6.07) is 20.2. The van der Waals surface area contributed by atoms with Crippen molar-refractivity contribution >= 4 is 32.3 Å². The van der Waals surface area contributed by atoms with Gasteiger partial charge in [-0.15, -0.1) is 0 Å². The standard InChI is InChI=1S/C22H16ClNO3S/c1-14-7-10-17(11-8-14)28(26,27)22-20(15-5-3-2-4-6-15)24-19-12-9-16(23)13-18(19)21(22)25/h2-13H,1H3,(H,24,25). The van der Waals surface area contributed by atoms with Crippen LogP contribution < -0.4 is 5.43 Å². The van der Waals surface area contributed by atoms with E-state index in [1.54, 1.807) is 48.5 Å². The van der Waals surface area contributed by atoms with E-state index in [2.05, 4.69) is 4.98 Å². The van der Waals surface area contributed by atoms with Gasteiger partial charge >= 0.3 is 0 Å². The number of aromatic amines is 1. The van der Waals surface area contributed by atoms with Crippen molar-refractivity contribution in [2.45, 2.75) is 16.7 Å². The SMILES string of the molecule is Cc1ccc(S(=O)(=O)c2c(-c3ccccc3)[nH]c3ccc(Cl)cc3c2=O)cc1. The van der Waals surface area contributed by atoms with Crippen molar-refractivity contribution in [3.05, 3.63) is 93.6 Å². The third kappa shape index (κ3) is 3.13. The molecule has 0 spiro atoms. The molecule has 140 valence electrons. The summed E-state index contributed by atoms with van der Waals surface area (Å²) >= 11 is 6.05. The number of benzene rings is 3. The van der Waals surface area contributed by atoms with Crippen molar-refractivity contribution in [3.8, 4) is 11.3 Å². The largest absolute Gasteiger partial charge is 0.353 e. The molecule has 4 nitrogen and oxygen atoms in total. The Morgan fingerprint density at radius 1 is 0.893 bits per heavy atom. The lowest BCUT2D eigenvalue weighted by Crippen LogP contribution is -2.18. The summed E-state index contributed by atoms with van der Waals surface area (Å²) in [5.41, 5.74) is 1.76. The van der Waals surface area contributed by atoms with Gasteiger partial charge in [0.1, 0.15) is 4.90 Å². The number of nitrogens with one attached hydrogen (secondary N) is 1. The molecule has 0 aliphatic heterocycles. The van der Waals surface area contributed by atoms with Gasteiger partial charge in [0, 0.05) is 15.9 Å². The van der Waals surface area contributed by atoms with E-state index < -0.39 is 15.3 Å². The highest BCUT2D eigenvalue weighted by Crippen LogP contribution is 2.30. The first-order valence-electron chi connectivity index (χ1n) is 8.60. The van der Waals surface area contributed by atoms with E-state index in [1.165, 1.54) is 18.2 Å². The lowest BCUT2D eigenvalue weighted by atomic mass is 10.1. The zero-order chi connectivity index (χ0) is 19.9. The van der Waals surface area contributed by atoms with Gasteiger partial charge in [-0.25, -0.2) is 8.42 Å². The first-order valence-corrected chi connectivity index (χ1v) is 10.5. The third-order valence-corrected chi connectivity index (χ3v) is 6.64. The summed E-state index contributed by atoms with van der Waals surface area (Å²) in [6.07, 6.45) is 0. The zero-order valence-corrected chi connectivity index (χ0v) is 16.5. The van der Waals surface area contributed by atoms with Gasteiger partial charge < -0.3 is 4.98 Å². The van der Waals surface area contributed by atoms with E-state index in [0.29, 0.717) is 16.1 Å². The van der Waals surface area contributed by atoms with Crippen molar-refractivity contribution in [1.82, 2.24) is 4.98 Å². The highest BCUT2D eigenvalue weighted by atomic mass is 35.5. The molecule has 0 amide bonds. The molecular formula is C22H16ClNO3S. The molecule has 0 saturated heterocycles. The molecule has 28 heavy (non-hydrogen) atoms. The van der Waals surface area contributed by atoms with Crippen LogP contribution in [0, 0.1) is 6.92 Å².